The van der Waals surface area contributed by atoms with Crippen molar-refractivity contribution in [3.05, 3.63) is 194 Å². The van der Waals surface area contributed by atoms with E-state index >= 15 is 0 Å². The predicted octanol–water partition coefficient (Wildman–Crippen LogP) is 16.4. The molecule has 0 N–H and O–H groups in total. The molecule has 13 rings (SSSR count). The number of para-hydroxylation sites is 3. The molecule has 0 spiro atoms. The summed E-state index contributed by atoms with van der Waals surface area (Å²) in [6.45, 7) is 0. The summed E-state index contributed by atoms with van der Waals surface area (Å²) in [4.78, 5) is 0. The standard InChI is InChI=1S/C56H32O3/c1-2-15-33(16-3-1)50-34-17-4-6-19-36(34)51(37-20-7-5-18-35(37)50)45-32-30-40(54-44-23-10-13-27-48(44)59-56(45)54)41-31-29-39(53-43-22-9-12-26-47(43)58-55(41)53)38-24-14-28-49-52(38)42-21-8-11-25-46(42)57-49/h1-32H. The van der Waals surface area contributed by atoms with Crippen molar-refractivity contribution >= 4 is 87.4 Å². The van der Waals surface area contributed by atoms with E-state index in [1.807, 2.05) is 18.2 Å². The van der Waals surface area contributed by atoms with E-state index in [0.717, 1.165) is 99.2 Å². The zero-order chi connectivity index (χ0) is 38.6. The van der Waals surface area contributed by atoms with Crippen molar-refractivity contribution in [3.8, 4) is 44.5 Å². The fourth-order valence-electron chi connectivity index (χ4n) is 9.85. The Kier molecular flexibility index (Phi) is 6.72. The predicted molar refractivity (Wildman–Crippen MR) is 245 cm³/mol. The SMILES string of the molecule is c1ccc(-c2c3ccccc3c(-c3ccc(-c4ccc(-c5cccc6oc7ccccc7c56)c5c4oc4ccccc45)c4c3oc3ccccc34)c3ccccc23)cc1. The Morgan fingerprint density at radius 2 is 0.610 bits per heavy atom. The molecule has 0 amide bonds. The van der Waals surface area contributed by atoms with Crippen molar-refractivity contribution in [1.82, 2.24) is 0 Å². The molecule has 59 heavy (non-hydrogen) atoms. The summed E-state index contributed by atoms with van der Waals surface area (Å²) >= 11 is 0. The normalized spacial score (nSPS) is 12.1. The van der Waals surface area contributed by atoms with E-state index in [1.165, 1.54) is 32.7 Å². The quantitative estimate of drug-likeness (QED) is 0.168. The lowest BCUT2D eigenvalue weighted by atomic mass is 9.84. The van der Waals surface area contributed by atoms with Crippen molar-refractivity contribution in [2.24, 2.45) is 0 Å². The molecule has 0 aliphatic carbocycles. The van der Waals surface area contributed by atoms with Gasteiger partial charge in [0.05, 0.1) is 0 Å². The molecule has 0 saturated carbocycles. The Hall–Kier alpha value is -7.88. The van der Waals surface area contributed by atoms with Gasteiger partial charge in [0, 0.05) is 49.0 Å². The molecule has 0 radical (unpaired) electrons. The van der Waals surface area contributed by atoms with Gasteiger partial charge in [0.25, 0.3) is 0 Å². The van der Waals surface area contributed by atoms with E-state index in [4.69, 9.17) is 13.3 Å². The van der Waals surface area contributed by atoms with Crippen LogP contribution >= 0.6 is 0 Å². The van der Waals surface area contributed by atoms with Gasteiger partial charge in [-0.1, -0.05) is 158 Å². The average molecular weight is 753 g/mol. The minimum absolute atomic E-state index is 0.843. The molecular formula is C56H32O3. The molecule has 274 valence electrons. The van der Waals surface area contributed by atoms with E-state index in [-0.39, 0.29) is 0 Å². The first-order valence-corrected chi connectivity index (χ1v) is 20.1. The highest BCUT2D eigenvalue weighted by Gasteiger charge is 2.25. The largest absolute Gasteiger partial charge is 0.456 e. The molecule has 0 aliphatic rings. The van der Waals surface area contributed by atoms with Crippen LogP contribution in [0.25, 0.3) is 132 Å². The first kappa shape index (κ1) is 32.2. The van der Waals surface area contributed by atoms with Gasteiger partial charge in [-0.05, 0) is 85.8 Å². The van der Waals surface area contributed by atoms with Crippen LogP contribution in [-0.2, 0) is 0 Å². The van der Waals surface area contributed by atoms with Gasteiger partial charge in [-0.15, -0.1) is 0 Å². The Balaban J connectivity index is 1.13. The third-order valence-corrected chi connectivity index (χ3v) is 12.3. The monoisotopic (exact) mass is 752 g/mol. The van der Waals surface area contributed by atoms with Crippen LogP contribution in [0, 0.1) is 0 Å². The Morgan fingerprint density at radius 3 is 1.20 bits per heavy atom. The van der Waals surface area contributed by atoms with E-state index in [9.17, 15) is 0 Å². The Bertz CT molecular complexity index is 3780. The van der Waals surface area contributed by atoms with Crippen molar-refractivity contribution < 1.29 is 13.3 Å². The highest BCUT2D eigenvalue weighted by atomic mass is 16.3. The second-order valence-corrected chi connectivity index (χ2v) is 15.4. The van der Waals surface area contributed by atoms with Crippen LogP contribution in [0.5, 0.6) is 0 Å². The summed E-state index contributed by atoms with van der Waals surface area (Å²) in [6, 6.07) is 68.8. The molecule has 0 saturated heterocycles. The molecule has 13 aromatic rings. The molecule has 3 nitrogen and oxygen atoms in total. The number of hydrogen-bond donors (Lipinski definition) is 0. The summed E-state index contributed by atoms with van der Waals surface area (Å²) < 4.78 is 20.3. The third kappa shape index (κ3) is 4.58. The minimum atomic E-state index is 0.843. The molecule has 3 aromatic heterocycles. The zero-order valence-corrected chi connectivity index (χ0v) is 31.7. The van der Waals surface area contributed by atoms with Crippen molar-refractivity contribution in [1.29, 1.82) is 0 Å². The van der Waals surface area contributed by atoms with Gasteiger partial charge in [-0.2, -0.15) is 0 Å². The molecule has 10 aromatic carbocycles. The lowest BCUT2D eigenvalue weighted by Gasteiger charge is -2.18. The topological polar surface area (TPSA) is 39.4 Å². The average Bonchev–Trinajstić information content (AvgIpc) is 4.00. The van der Waals surface area contributed by atoms with Gasteiger partial charge in [-0.25, -0.2) is 0 Å². The number of hydrogen-bond acceptors (Lipinski definition) is 3. The second-order valence-electron chi connectivity index (χ2n) is 15.4. The first-order chi connectivity index (χ1) is 29.3. The Labute approximate surface area is 337 Å². The van der Waals surface area contributed by atoms with Crippen molar-refractivity contribution in [3.63, 3.8) is 0 Å². The highest BCUT2D eigenvalue weighted by Crippen LogP contribution is 2.51. The van der Waals surface area contributed by atoms with Gasteiger partial charge in [0.2, 0.25) is 0 Å². The summed E-state index contributed by atoms with van der Waals surface area (Å²) in [6.07, 6.45) is 0. The van der Waals surface area contributed by atoms with Crippen LogP contribution in [-0.4, -0.2) is 0 Å². The maximum absolute atomic E-state index is 7.02. The first-order valence-electron chi connectivity index (χ1n) is 20.1. The molecule has 0 atom stereocenters. The summed E-state index contributed by atoms with van der Waals surface area (Å²) in [5, 5.41) is 11.3. The number of rotatable bonds is 4. The molecular weight excluding hydrogens is 721 g/mol. The second kappa shape index (κ2) is 12.3. The van der Waals surface area contributed by atoms with Crippen molar-refractivity contribution in [2.45, 2.75) is 0 Å². The van der Waals surface area contributed by atoms with Gasteiger partial charge < -0.3 is 13.3 Å². The maximum Gasteiger partial charge on any atom is 0.143 e. The van der Waals surface area contributed by atoms with Crippen LogP contribution in [0.2, 0.25) is 0 Å². The highest BCUT2D eigenvalue weighted by molar-refractivity contribution is 6.27. The number of furan rings is 3. The Morgan fingerprint density at radius 1 is 0.220 bits per heavy atom. The molecule has 3 heteroatoms. The van der Waals surface area contributed by atoms with Gasteiger partial charge in [-0.3, -0.25) is 0 Å². The third-order valence-electron chi connectivity index (χ3n) is 12.3. The van der Waals surface area contributed by atoms with Gasteiger partial charge in [0.15, 0.2) is 0 Å². The van der Waals surface area contributed by atoms with Crippen LogP contribution in [0.15, 0.2) is 207 Å². The fourth-order valence-corrected chi connectivity index (χ4v) is 9.85. The smallest absolute Gasteiger partial charge is 0.143 e. The summed E-state index contributed by atoms with van der Waals surface area (Å²) in [7, 11) is 0. The van der Waals surface area contributed by atoms with E-state index in [0.29, 0.717) is 0 Å². The van der Waals surface area contributed by atoms with Crippen LogP contribution in [0.4, 0.5) is 0 Å². The molecule has 0 aliphatic heterocycles. The van der Waals surface area contributed by atoms with E-state index < -0.39 is 0 Å². The molecule has 0 bridgehead atoms. The van der Waals surface area contributed by atoms with Gasteiger partial charge in [0.1, 0.15) is 33.5 Å². The summed E-state index contributed by atoms with van der Waals surface area (Å²) in [5.74, 6) is 0. The summed E-state index contributed by atoms with van der Waals surface area (Å²) in [5.41, 5.74) is 14.1. The van der Waals surface area contributed by atoms with Gasteiger partial charge >= 0.3 is 0 Å². The van der Waals surface area contributed by atoms with Crippen LogP contribution in [0.1, 0.15) is 0 Å². The van der Waals surface area contributed by atoms with Crippen LogP contribution in [0.3, 0.4) is 0 Å². The number of fused-ring (bicyclic) bond motifs is 11. The maximum atomic E-state index is 7.02. The lowest BCUT2D eigenvalue weighted by molar-refractivity contribution is 0.668. The molecule has 0 unspecified atom stereocenters. The van der Waals surface area contributed by atoms with Crippen molar-refractivity contribution in [2.75, 3.05) is 0 Å². The fraction of sp³-hybridized carbons (Fsp3) is 0. The molecule has 3 heterocycles. The lowest BCUT2D eigenvalue weighted by Crippen LogP contribution is -1.92. The number of benzene rings is 10. The molecule has 0 fully saturated rings. The van der Waals surface area contributed by atoms with E-state index in [1.54, 1.807) is 0 Å². The van der Waals surface area contributed by atoms with E-state index in [2.05, 4.69) is 176 Å². The minimum Gasteiger partial charge on any atom is -0.456 e. The van der Waals surface area contributed by atoms with Crippen LogP contribution < -0.4 is 0 Å². The zero-order valence-electron chi connectivity index (χ0n) is 31.7.